The summed E-state index contributed by atoms with van der Waals surface area (Å²) in [5.41, 5.74) is 0.845. The van der Waals surface area contributed by atoms with Crippen LogP contribution in [0, 0.1) is 5.41 Å². The minimum Gasteiger partial charge on any atom is -0.385 e. The zero-order valence-corrected chi connectivity index (χ0v) is 14.8. The number of fused-ring (bicyclic) bond motifs is 2. The van der Waals surface area contributed by atoms with Crippen LogP contribution in [0.1, 0.15) is 23.7 Å². The van der Waals surface area contributed by atoms with E-state index in [-0.39, 0.29) is 22.5 Å². The minimum atomic E-state index is -0.382. The Kier molecular flexibility index (Phi) is 5.13. The van der Waals surface area contributed by atoms with Crippen molar-refractivity contribution in [3.05, 3.63) is 51.9 Å². The van der Waals surface area contributed by atoms with Crippen LogP contribution in [0.15, 0.2) is 35.3 Å². The number of hydrogen-bond acceptors (Lipinski definition) is 5. The van der Waals surface area contributed by atoms with Crippen LogP contribution < -0.4 is 16.4 Å². The van der Waals surface area contributed by atoms with Gasteiger partial charge in [-0.05, 0) is 31.5 Å². The van der Waals surface area contributed by atoms with Gasteiger partial charge in [-0.15, -0.1) is 0 Å². The predicted octanol–water partition coefficient (Wildman–Crippen LogP) is 0.915. The van der Waals surface area contributed by atoms with E-state index in [0.29, 0.717) is 42.8 Å². The highest BCUT2D eigenvalue weighted by atomic mass is 16.5. The summed E-state index contributed by atoms with van der Waals surface area (Å²) in [6, 6.07) is 6.75. The van der Waals surface area contributed by atoms with Gasteiger partial charge in [-0.1, -0.05) is 6.07 Å². The fourth-order valence-corrected chi connectivity index (χ4v) is 2.88. The first-order valence-corrected chi connectivity index (χ1v) is 8.45. The molecule has 3 heterocycles. The van der Waals surface area contributed by atoms with Gasteiger partial charge in [0.2, 0.25) is 0 Å². The molecule has 2 N–H and O–H groups in total. The van der Waals surface area contributed by atoms with Crippen LogP contribution in [0.5, 0.6) is 0 Å². The smallest absolute Gasteiger partial charge is 0.267 e. The zero-order valence-electron chi connectivity index (χ0n) is 14.8. The highest BCUT2D eigenvalue weighted by Gasteiger charge is 2.16. The van der Waals surface area contributed by atoms with E-state index >= 15 is 0 Å². The molecule has 0 bridgehead atoms. The molecular weight excluding hydrogens is 334 g/mol. The van der Waals surface area contributed by atoms with Gasteiger partial charge in [-0.2, -0.15) is 0 Å². The molecule has 3 aromatic rings. The van der Waals surface area contributed by atoms with Crippen LogP contribution in [0.2, 0.25) is 0 Å². The van der Waals surface area contributed by atoms with Crippen molar-refractivity contribution in [1.82, 2.24) is 19.3 Å². The quantitative estimate of drug-likeness (QED) is 0.507. The number of carbonyl (C=O) groups excluding carboxylic acids is 1. The molecule has 3 rings (SSSR count). The summed E-state index contributed by atoms with van der Waals surface area (Å²) in [5.74, 6) is -0.382. The third kappa shape index (κ3) is 3.11. The molecule has 0 aliphatic rings. The van der Waals surface area contributed by atoms with Gasteiger partial charge in [0.25, 0.3) is 11.5 Å². The number of aryl methyl sites for hydroxylation is 1. The molecule has 0 aliphatic carbocycles. The second kappa shape index (κ2) is 7.49. The van der Waals surface area contributed by atoms with Crippen LogP contribution >= 0.6 is 0 Å². The molecule has 0 atom stereocenters. The first kappa shape index (κ1) is 17.8. The maximum Gasteiger partial charge on any atom is 0.267 e. The number of nitrogens with zero attached hydrogens (tertiary/aromatic N) is 3. The Morgan fingerprint density at radius 1 is 1.38 bits per heavy atom. The molecule has 8 heteroatoms. The lowest BCUT2D eigenvalue weighted by molar-refractivity contribution is 0.0946. The maximum atomic E-state index is 12.8. The van der Waals surface area contributed by atoms with E-state index in [1.807, 2.05) is 6.92 Å². The largest absolute Gasteiger partial charge is 0.385 e. The number of ether oxygens (including phenoxy) is 1. The first-order chi connectivity index (χ1) is 12.6. The molecule has 0 radical (unpaired) electrons. The van der Waals surface area contributed by atoms with E-state index in [2.05, 4.69) is 10.3 Å². The first-order valence-electron chi connectivity index (χ1n) is 8.45. The van der Waals surface area contributed by atoms with E-state index in [0.717, 1.165) is 0 Å². The van der Waals surface area contributed by atoms with Crippen molar-refractivity contribution in [2.75, 3.05) is 20.3 Å². The standard InChI is InChI=1S/C18H21N5O3/c1-3-22-15(19)12(17(24)20-8-6-10-26-2)11-13-16(22)21-14-7-4-5-9-23(14)18(13)25/h4-5,7,9,11,19H,3,6,8,10H2,1-2H3,(H,20,24). The number of nitrogens with one attached hydrogen (secondary N) is 2. The summed E-state index contributed by atoms with van der Waals surface area (Å²) in [4.78, 5) is 29.9. The summed E-state index contributed by atoms with van der Waals surface area (Å²) < 4.78 is 7.97. The lowest BCUT2D eigenvalue weighted by Gasteiger charge is -2.13. The Morgan fingerprint density at radius 3 is 2.92 bits per heavy atom. The number of methoxy groups -OCH3 is 1. The molecule has 8 nitrogen and oxygen atoms in total. The molecule has 0 aromatic carbocycles. The Hall–Kier alpha value is -3.00. The van der Waals surface area contributed by atoms with Crippen LogP contribution in [0.4, 0.5) is 0 Å². The monoisotopic (exact) mass is 355 g/mol. The highest BCUT2D eigenvalue weighted by Crippen LogP contribution is 2.10. The van der Waals surface area contributed by atoms with Gasteiger partial charge in [-0.3, -0.25) is 19.4 Å². The van der Waals surface area contributed by atoms with Crippen molar-refractivity contribution < 1.29 is 9.53 Å². The van der Waals surface area contributed by atoms with Gasteiger partial charge in [0.1, 0.15) is 16.8 Å². The summed E-state index contributed by atoms with van der Waals surface area (Å²) in [7, 11) is 1.60. The number of carbonyl (C=O) groups is 1. The van der Waals surface area contributed by atoms with Crippen LogP contribution in [-0.4, -0.2) is 40.1 Å². The van der Waals surface area contributed by atoms with Crippen molar-refractivity contribution in [3.63, 3.8) is 0 Å². The van der Waals surface area contributed by atoms with E-state index < -0.39 is 0 Å². The molecule has 1 amide bonds. The van der Waals surface area contributed by atoms with Gasteiger partial charge in [-0.25, -0.2) is 4.98 Å². The Bertz CT molecular complexity index is 1080. The van der Waals surface area contributed by atoms with Crippen molar-refractivity contribution in [3.8, 4) is 0 Å². The number of pyridine rings is 2. The second-order valence-corrected chi connectivity index (χ2v) is 5.84. The third-order valence-corrected chi connectivity index (χ3v) is 4.19. The fraction of sp³-hybridized carbons (Fsp3) is 0.333. The molecule has 0 aliphatic heterocycles. The van der Waals surface area contributed by atoms with E-state index in [1.54, 1.807) is 36.1 Å². The maximum absolute atomic E-state index is 12.8. The Balaban J connectivity index is 2.16. The fourth-order valence-electron chi connectivity index (χ4n) is 2.88. The predicted molar refractivity (Wildman–Crippen MR) is 97.3 cm³/mol. The molecular formula is C18H21N5O3. The average molecular weight is 355 g/mol. The third-order valence-electron chi connectivity index (χ3n) is 4.19. The lowest BCUT2D eigenvalue weighted by Crippen LogP contribution is -2.35. The SMILES string of the molecule is CCn1c(=N)c(C(=O)NCCCOC)cc2c(=O)n3ccccc3nc21. The number of hydrogen-bond donors (Lipinski definition) is 2. The van der Waals surface area contributed by atoms with Crippen LogP contribution in [0.3, 0.4) is 0 Å². The summed E-state index contributed by atoms with van der Waals surface area (Å²) in [6.07, 6.45) is 2.31. The van der Waals surface area contributed by atoms with Crippen molar-refractivity contribution in [1.29, 1.82) is 5.41 Å². The number of aromatic nitrogens is 3. The molecule has 26 heavy (non-hydrogen) atoms. The van der Waals surface area contributed by atoms with Gasteiger partial charge in [0, 0.05) is 33.0 Å². The molecule has 0 saturated carbocycles. The molecule has 0 unspecified atom stereocenters. The van der Waals surface area contributed by atoms with Gasteiger partial charge >= 0.3 is 0 Å². The van der Waals surface area contributed by atoms with Gasteiger partial charge in [0.15, 0.2) is 0 Å². The van der Waals surface area contributed by atoms with Gasteiger partial charge < -0.3 is 14.6 Å². The number of rotatable bonds is 6. The highest BCUT2D eigenvalue weighted by molar-refractivity contribution is 5.96. The van der Waals surface area contributed by atoms with Crippen molar-refractivity contribution in [2.24, 2.45) is 0 Å². The number of amides is 1. The van der Waals surface area contributed by atoms with E-state index in [9.17, 15) is 9.59 Å². The van der Waals surface area contributed by atoms with Crippen LogP contribution in [0.25, 0.3) is 16.7 Å². The van der Waals surface area contributed by atoms with E-state index in [4.69, 9.17) is 10.1 Å². The minimum absolute atomic E-state index is 0.0384. The Morgan fingerprint density at radius 2 is 2.19 bits per heavy atom. The molecule has 0 fully saturated rings. The summed E-state index contributed by atoms with van der Waals surface area (Å²) in [5, 5.41) is 11.5. The zero-order chi connectivity index (χ0) is 18.7. The van der Waals surface area contributed by atoms with Crippen molar-refractivity contribution in [2.45, 2.75) is 19.9 Å². The topological polar surface area (TPSA) is 101 Å². The average Bonchev–Trinajstić information content (AvgIpc) is 2.65. The summed E-state index contributed by atoms with van der Waals surface area (Å²) in [6.45, 7) is 3.25. The summed E-state index contributed by atoms with van der Waals surface area (Å²) >= 11 is 0. The Labute approximate surface area is 149 Å². The second-order valence-electron chi connectivity index (χ2n) is 5.84. The molecule has 136 valence electrons. The van der Waals surface area contributed by atoms with E-state index in [1.165, 1.54) is 10.5 Å². The normalized spacial score (nSPS) is 11.2. The lowest BCUT2D eigenvalue weighted by atomic mass is 10.2. The van der Waals surface area contributed by atoms with Crippen LogP contribution in [-0.2, 0) is 11.3 Å². The molecule has 3 aromatic heterocycles. The van der Waals surface area contributed by atoms with Gasteiger partial charge in [0.05, 0.1) is 10.9 Å². The van der Waals surface area contributed by atoms with Crippen molar-refractivity contribution >= 4 is 22.6 Å². The molecule has 0 spiro atoms. The molecule has 0 saturated heterocycles.